The van der Waals surface area contributed by atoms with Crippen LogP contribution < -0.4 is 10.5 Å². The fourth-order valence-electron chi connectivity index (χ4n) is 2.24. The van der Waals surface area contributed by atoms with Gasteiger partial charge in [-0.3, -0.25) is 14.3 Å². The van der Waals surface area contributed by atoms with Crippen LogP contribution in [0, 0.1) is 13.8 Å². The first-order valence-electron chi connectivity index (χ1n) is 7.70. The third-order valence-electron chi connectivity index (χ3n) is 3.49. The topological polar surface area (TPSA) is 133 Å². The number of rotatable bonds is 6. The lowest BCUT2D eigenvalue weighted by atomic mass is 10.3. The number of hydrogen-bond acceptors (Lipinski definition) is 6. The summed E-state index contributed by atoms with van der Waals surface area (Å²) in [5.74, 6) is -1.21. The summed E-state index contributed by atoms with van der Waals surface area (Å²) >= 11 is 0. The van der Waals surface area contributed by atoms with Gasteiger partial charge in [-0.1, -0.05) is 6.07 Å². The Balaban J connectivity index is 1.97. The summed E-state index contributed by atoms with van der Waals surface area (Å²) in [6, 6.07) is 7.29. The number of carbonyl (C=O) groups excluding carboxylic acids is 2. The summed E-state index contributed by atoms with van der Waals surface area (Å²) in [5, 5.41) is 11.7. The lowest BCUT2D eigenvalue weighted by molar-refractivity contribution is -0.154. The average Bonchev–Trinajstić information content (AvgIpc) is 2.84. The molecule has 0 aliphatic carbocycles. The molecule has 26 heavy (non-hydrogen) atoms. The second-order valence-corrected chi connectivity index (χ2v) is 7.34. The summed E-state index contributed by atoms with van der Waals surface area (Å²) in [5.41, 5.74) is 1.80. The summed E-state index contributed by atoms with van der Waals surface area (Å²) in [6.07, 6.45) is -1.07. The highest BCUT2D eigenvalue weighted by Gasteiger charge is 2.19. The third-order valence-corrected chi connectivity index (χ3v) is 4.40. The standard InChI is InChI=1S/C16H20N4O5S/c1-10-7-11(2)20(19-10)9-15(21)25-12(3)16(22)18-13-5-4-6-14(8-13)26(17,23)24/h4-8,12H,9H2,1-3H3,(H,18,22)(H2,17,23,24). The van der Waals surface area contributed by atoms with Crippen molar-refractivity contribution < 1.29 is 22.7 Å². The quantitative estimate of drug-likeness (QED) is 0.709. The van der Waals surface area contributed by atoms with Gasteiger partial charge in [0.2, 0.25) is 10.0 Å². The summed E-state index contributed by atoms with van der Waals surface area (Å²) < 4.78 is 29.3. The van der Waals surface area contributed by atoms with Crippen LogP contribution in [0.1, 0.15) is 18.3 Å². The number of aryl methyl sites for hydroxylation is 2. The molecule has 0 aliphatic heterocycles. The second kappa shape index (κ2) is 7.67. The predicted molar refractivity (Wildman–Crippen MR) is 93.7 cm³/mol. The average molecular weight is 380 g/mol. The predicted octanol–water partition coefficient (Wildman–Crippen LogP) is 0.718. The van der Waals surface area contributed by atoms with Crippen LogP contribution in [0.25, 0.3) is 0 Å². The first kappa shape index (κ1) is 19.6. The first-order valence-corrected chi connectivity index (χ1v) is 9.25. The van der Waals surface area contributed by atoms with Crippen molar-refractivity contribution in [1.29, 1.82) is 0 Å². The van der Waals surface area contributed by atoms with E-state index in [9.17, 15) is 18.0 Å². The van der Waals surface area contributed by atoms with Crippen molar-refractivity contribution >= 4 is 27.6 Å². The summed E-state index contributed by atoms with van der Waals surface area (Å²) in [4.78, 5) is 24.0. The van der Waals surface area contributed by atoms with Crippen molar-refractivity contribution in [2.45, 2.75) is 38.3 Å². The molecule has 3 N–H and O–H groups in total. The van der Waals surface area contributed by atoms with E-state index in [0.29, 0.717) is 0 Å². The minimum atomic E-state index is -3.88. The zero-order valence-corrected chi connectivity index (χ0v) is 15.4. The molecule has 9 nitrogen and oxygen atoms in total. The second-order valence-electron chi connectivity index (χ2n) is 5.78. The number of primary sulfonamides is 1. The van der Waals surface area contributed by atoms with E-state index >= 15 is 0 Å². The number of amides is 1. The summed E-state index contributed by atoms with van der Waals surface area (Å²) in [6.45, 7) is 4.92. The van der Waals surface area contributed by atoms with E-state index in [1.807, 2.05) is 13.0 Å². The SMILES string of the molecule is Cc1cc(C)n(CC(=O)OC(C)C(=O)Nc2cccc(S(N)(=O)=O)c2)n1. The highest BCUT2D eigenvalue weighted by Crippen LogP contribution is 2.14. The molecule has 0 fully saturated rings. The van der Waals surface area contributed by atoms with Crippen molar-refractivity contribution in [3.8, 4) is 0 Å². The largest absolute Gasteiger partial charge is 0.451 e. The molecule has 140 valence electrons. The Bertz CT molecular complexity index is 936. The monoisotopic (exact) mass is 380 g/mol. The van der Waals surface area contributed by atoms with E-state index in [1.54, 1.807) is 6.92 Å². The van der Waals surface area contributed by atoms with Crippen molar-refractivity contribution in [1.82, 2.24) is 9.78 Å². The normalized spacial score (nSPS) is 12.5. The zero-order chi connectivity index (χ0) is 19.5. The third kappa shape index (κ3) is 5.14. The fraction of sp³-hybridized carbons (Fsp3) is 0.312. The van der Waals surface area contributed by atoms with Crippen LogP contribution in [0.4, 0.5) is 5.69 Å². The van der Waals surface area contributed by atoms with Gasteiger partial charge in [0, 0.05) is 11.4 Å². The Kier molecular flexibility index (Phi) is 5.78. The Labute approximate surface area is 151 Å². The number of anilines is 1. The molecule has 2 aromatic rings. The van der Waals surface area contributed by atoms with Crippen molar-refractivity contribution in [3.05, 3.63) is 41.7 Å². The van der Waals surface area contributed by atoms with Crippen LogP contribution in [-0.2, 0) is 30.9 Å². The number of nitrogens with two attached hydrogens (primary N) is 1. The highest BCUT2D eigenvalue weighted by atomic mass is 32.2. The molecule has 0 spiro atoms. The molecule has 1 aromatic carbocycles. The molecule has 0 bridgehead atoms. The molecule has 0 radical (unpaired) electrons. The van der Waals surface area contributed by atoms with Gasteiger partial charge in [0.25, 0.3) is 5.91 Å². The fourth-order valence-corrected chi connectivity index (χ4v) is 2.80. The number of carbonyl (C=O) groups is 2. The van der Waals surface area contributed by atoms with Gasteiger partial charge in [-0.2, -0.15) is 5.10 Å². The molecule has 1 aromatic heterocycles. The molecule has 10 heteroatoms. The van der Waals surface area contributed by atoms with Gasteiger partial charge in [0.15, 0.2) is 6.10 Å². The lowest BCUT2D eigenvalue weighted by Gasteiger charge is -2.14. The van der Waals surface area contributed by atoms with Gasteiger partial charge in [0.1, 0.15) is 6.54 Å². The number of esters is 1. The Morgan fingerprint density at radius 1 is 1.31 bits per heavy atom. The number of ether oxygens (including phenoxy) is 1. The number of aromatic nitrogens is 2. The van der Waals surface area contributed by atoms with Crippen LogP contribution in [0.2, 0.25) is 0 Å². The van der Waals surface area contributed by atoms with Crippen LogP contribution in [-0.4, -0.2) is 36.2 Å². The van der Waals surface area contributed by atoms with Crippen LogP contribution >= 0.6 is 0 Å². The Morgan fingerprint density at radius 2 is 2.00 bits per heavy atom. The molecule has 2 rings (SSSR count). The van der Waals surface area contributed by atoms with E-state index in [-0.39, 0.29) is 17.1 Å². The van der Waals surface area contributed by atoms with E-state index < -0.39 is 28.0 Å². The van der Waals surface area contributed by atoms with Crippen LogP contribution in [0.15, 0.2) is 35.2 Å². The Morgan fingerprint density at radius 3 is 2.58 bits per heavy atom. The number of nitrogens with zero attached hydrogens (tertiary/aromatic N) is 2. The van der Waals surface area contributed by atoms with Gasteiger partial charge in [-0.05, 0) is 45.0 Å². The summed E-state index contributed by atoms with van der Waals surface area (Å²) in [7, 11) is -3.88. The van der Waals surface area contributed by atoms with Crippen molar-refractivity contribution in [3.63, 3.8) is 0 Å². The van der Waals surface area contributed by atoms with E-state index in [2.05, 4.69) is 10.4 Å². The smallest absolute Gasteiger partial charge is 0.328 e. The number of benzene rings is 1. The molecule has 1 amide bonds. The van der Waals surface area contributed by atoms with Crippen molar-refractivity contribution in [2.75, 3.05) is 5.32 Å². The molecule has 1 atom stereocenters. The maximum atomic E-state index is 12.1. The van der Waals surface area contributed by atoms with E-state index in [0.717, 1.165) is 11.4 Å². The molecule has 1 heterocycles. The zero-order valence-electron chi connectivity index (χ0n) is 14.6. The molecule has 0 saturated carbocycles. The maximum absolute atomic E-state index is 12.1. The number of nitrogens with one attached hydrogen (secondary N) is 1. The molecule has 0 saturated heterocycles. The van der Waals surface area contributed by atoms with Crippen LogP contribution in [0.3, 0.4) is 0 Å². The number of sulfonamides is 1. The molecular weight excluding hydrogens is 360 g/mol. The van der Waals surface area contributed by atoms with E-state index in [1.165, 1.54) is 35.9 Å². The molecular formula is C16H20N4O5S. The van der Waals surface area contributed by atoms with Gasteiger partial charge in [-0.25, -0.2) is 13.6 Å². The van der Waals surface area contributed by atoms with Crippen LogP contribution in [0.5, 0.6) is 0 Å². The van der Waals surface area contributed by atoms with Gasteiger partial charge >= 0.3 is 5.97 Å². The van der Waals surface area contributed by atoms with Gasteiger partial charge in [0.05, 0.1) is 10.6 Å². The minimum absolute atomic E-state index is 0.113. The maximum Gasteiger partial charge on any atom is 0.328 e. The first-order chi connectivity index (χ1) is 12.1. The number of hydrogen-bond donors (Lipinski definition) is 2. The Hall–Kier alpha value is -2.72. The lowest BCUT2D eigenvalue weighted by Crippen LogP contribution is -2.31. The van der Waals surface area contributed by atoms with E-state index in [4.69, 9.17) is 9.88 Å². The molecule has 0 aliphatic rings. The molecule has 1 unspecified atom stereocenters. The highest BCUT2D eigenvalue weighted by molar-refractivity contribution is 7.89. The minimum Gasteiger partial charge on any atom is -0.451 e. The van der Waals surface area contributed by atoms with Gasteiger partial charge in [-0.15, -0.1) is 0 Å². The van der Waals surface area contributed by atoms with Crippen molar-refractivity contribution in [2.24, 2.45) is 5.14 Å². The van der Waals surface area contributed by atoms with Gasteiger partial charge < -0.3 is 10.1 Å².